The quantitative estimate of drug-likeness (QED) is 0.840. The minimum absolute atomic E-state index is 0.679. The average molecular weight is 230 g/mol. The lowest BCUT2D eigenvalue weighted by molar-refractivity contribution is 0.535. The van der Waals surface area contributed by atoms with Gasteiger partial charge in [0.1, 0.15) is 0 Å². The monoisotopic (exact) mass is 230 g/mol. The van der Waals surface area contributed by atoms with Crippen molar-refractivity contribution < 1.29 is 0 Å². The number of rotatable bonds is 5. The van der Waals surface area contributed by atoms with Crippen molar-refractivity contribution in [2.75, 3.05) is 6.54 Å². The molecule has 92 valence electrons. The molecule has 1 heterocycles. The van der Waals surface area contributed by atoms with E-state index in [-0.39, 0.29) is 0 Å². The van der Waals surface area contributed by atoms with E-state index in [1.165, 1.54) is 16.5 Å². The highest BCUT2D eigenvalue weighted by Gasteiger charge is 2.04. The van der Waals surface area contributed by atoms with Crippen molar-refractivity contribution in [2.45, 2.75) is 33.2 Å². The van der Waals surface area contributed by atoms with E-state index in [1.54, 1.807) is 0 Å². The van der Waals surface area contributed by atoms with Crippen molar-refractivity contribution in [2.24, 2.45) is 11.7 Å². The Morgan fingerprint density at radius 3 is 2.76 bits per heavy atom. The zero-order valence-corrected chi connectivity index (χ0v) is 10.8. The van der Waals surface area contributed by atoms with E-state index in [2.05, 4.69) is 48.9 Å². The lowest BCUT2D eigenvalue weighted by atomic mass is 10.1. The Morgan fingerprint density at radius 1 is 1.24 bits per heavy atom. The molecular weight excluding hydrogens is 208 g/mol. The van der Waals surface area contributed by atoms with Gasteiger partial charge in [-0.25, -0.2) is 0 Å². The summed E-state index contributed by atoms with van der Waals surface area (Å²) < 4.78 is 2.35. The van der Waals surface area contributed by atoms with E-state index in [0.717, 1.165) is 25.9 Å². The summed E-state index contributed by atoms with van der Waals surface area (Å²) in [6.07, 6.45) is 4.34. The molecule has 1 aromatic heterocycles. The van der Waals surface area contributed by atoms with Gasteiger partial charge in [0.15, 0.2) is 0 Å². The van der Waals surface area contributed by atoms with E-state index in [9.17, 15) is 0 Å². The van der Waals surface area contributed by atoms with E-state index in [4.69, 9.17) is 5.73 Å². The number of hydrogen-bond acceptors (Lipinski definition) is 1. The Bertz CT molecular complexity index is 483. The van der Waals surface area contributed by atoms with Crippen LogP contribution in [0.3, 0.4) is 0 Å². The molecule has 2 rings (SSSR count). The molecule has 2 N–H and O–H groups in total. The highest BCUT2D eigenvalue weighted by molar-refractivity contribution is 5.80. The first-order chi connectivity index (χ1) is 8.20. The van der Waals surface area contributed by atoms with Crippen molar-refractivity contribution in [1.82, 2.24) is 4.57 Å². The summed E-state index contributed by atoms with van der Waals surface area (Å²) in [6.45, 7) is 6.36. The number of fused-ring (bicyclic) bond motifs is 1. The number of nitrogens with two attached hydrogens (primary N) is 1. The number of hydrogen-bond donors (Lipinski definition) is 1. The maximum absolute atomic E-state index is 5.56. The summed E-state index contributed by atoms with van der Waals surface area (Å²) >= 11 is 0. The van der Waals surface area contributed by atoms with E-state index >= 15 is 0 Å². The second-order valence-corrected chi connectivity index (χ2v) is 5.15. The first kappa shape index (κ1) is 12.2. The largest absolute Gasteiger partial charge is 0.347 e. The molecular formula is C15H22N2. The molecule has 17 heavy (non-hydrogen) atoms. The molecule has 0 bridgehead atoms. The fourth-order valence-corrected chi connectivity index (χ4v) is 2.24. The molecule has 0 saturated carbocycles. The van der Waals surface area contributed by atoms with Crippen LogP contribution in [-0.2, 0) is 13.0 Å². The molecule has 0 fully saturated rings. The Labute approximate surface area is 103 Å². The van der Waals surface area contributed by atoms with Gasteiger partial charge >= 0.3 is 0 Å². The molecule has 0 aliphatic heterocycles. The molecule has 2 nitrogen and oxygen atoms in total. The molecule has 0 amide bonds. The Hall–Kier alpha value is -1.28. The van der Waals surface area contributed by atoms with Crippen LogP contribution in [0.5, 0.6) is 0 Å². The molecule has 0 radical (unpaired) electrons. The number of benzene rings is 1. The number of aryl methyl sites for hydroxylation is 1. The van der Waals surface area contributed by atoms with Crippen LogP contribution in [0.15, 0.2) is 30.5 Å². The van der Waals surface area contributed by atoms with Crippen LogP contribution < -0.4 is 5.73 Å². The third-order valence-electron chi connectivity index (χ3n) is 3.07. The first-order valence-electron chi connectivity index (χ1n) is 6.48. The van der Waals surface area contributed by atoms with Crippen LogP contribution in [0.25, 0.3) is 10.9 Å². The fourth-order valence-electron chi connectivity index (χ4n) is 2.24. The van der Waals surface area contributed by atoms with Gasteiger partial charge in [-0.1, -0.05) is 26.0 Å². The van der Waals surface area contributed by atoms with Crippen LogP contribution in [-0.4, -0.2) is 11.1 Å². The molecule has 0 aliphatic rings. The fraction of sp³-hybridized carbons (Fsp3) is 0.467. The third-order valence-corrected chi connectivity index (χ3v) is 3.07. The minimum atomic E-state index is 0.679. The predicted molar refractivity (Wildman–Crippen MR) is 74.2 cm³/mol. The molecule has 0 unspecified atom stereocenters. The molecule has 0 aliphatic carbocycles. The van der Waals surface area contributed by atoms with Crippen LogP contribution in [0.2, 0.25) is 0 Å². The highest BCUT2D eigenvalue weighted by atomic mass is 15.0. The van der Waals surface area contributed by atoms with Crippen molar-refractivity contribution in [3.63, 3.8) is 0 Å². The lowest BCUT2D eigenvalue weighted by Gasteiger charge is -2.09. The van der Waals surface area contributed by atoms with Gasteiger partial charge in [-0.15, -0.1) is 0 Å². The van der Waals surface area contributed by atoms with E-state index in [0.29, 0.717) is 5.92 Å². The molecule has 2 heteroatoms. The molecule has 0 atom stereocenters. The van der Waals surface area contributed by atoms with Crippen LogP contribution in [0, 0.1) is 5.92 Å². The topological polar surface area (TPSA) is 30.9 Å². The lowest BCUT2D eigenvalue weighted by Crippen LogP contribution is -2.03. The van der Waals surface area contributed by atoms with Crippen LogP contribution >= 0.6 is 0 Å². The van der Waals surface area contributed by atoms with Gasteiger partial charge in [0.25, 0.3) is 0 Å². The smallest absolute Gasteiger partial charge is 0.0483 e. The van der Waals surface area contributed by atoms with Gasteiger partial charge in [-0.05, 0) is 48.4 Å². The van der Waals surface area contributed by atoms with Crippen molar-refractivity contribution in [1.29, 1.82) is 0 Å². The van der Waals surface area contributed by atoms with Gasteiger partial charge in [-0.2, -0.15) is 0 Å². The highest BCUT2D eigenvalue weighted by Crippen LogP contribution is 2.19. The van der Waals surface area contributed by atoms with Gasteiger partial charge in [0, 0.05) is 18.3 Å². The van der Waals surface area contributed by atoms with E-state index in [1.807, 2.05) is 0 Å². The third kappa shape index (κ3) is 2.89. The Kier molecular flexibility index (Phi) is 3.85. The number of aromatic nitrogens is 1. The summed E-state index contributed by atoms with van der Waals surface area (Å²) in [5.74, 6) is 0.679. The van der Waals surface area contributed by atoms with Crippen molar-refractivity contribution >= 4 is 10.9 Å². The normalized spacial score (nSPS) is 11.5. The standard InChI is InChI=1S/C15H22N2/c1-12(2)11-17-9-7-14-6-5-13(4-3-8-16)10-15(14)17/h5-7,9-10,12H,3-4,8,11,16H2,1-2H3. The first-order valence-corrected chi connectivity index (χ1v) is 6.48. The summed E-state index contributed by atoms with van der Waals surface area (Å²) in [6, 6.07) is 8.95. The molecule has 1 aromatic carbocycles. The second kappa shape index (κ2) is 5.37. The maximum atomic E-state index is 5.56. The maximum Gasteiger partial charge on any atom is 0.0483 e. The Balaban J connectivity index is 2.29. The van der Waals surface area contributed by atoms with Gasteiger partial charge in [0.05, 0.1) is 0 Å². The van der Waals surface area contributed by atoms with E-state index < -0.39 is 0 Å². The van der Waals surface area contributed by atoms with Crippen LogP contribution in [0.1, 0.15) is 25.8 Å². The Morgan fingerprint density at radius 2 is 2.06 bits per heavy atom. The summed E-state index contributed by atoms with van der Waals surface area (Å²) in [5, 5.41) is 1.34. The number of nitrogens with zero attached hydrogens (tertiary/aromatic N) is 1. The van der Waals surface area contributed by atoms with Crippen molar-refractivity contribution in [3.05, 3.63) is 36.0 Å². The van der Waals surface area contributed by atoms with Gasteiger partial charge < -0.3 is 10.3 Å². The molecule has 2 aromatic rings. The molecule has 0 saturated heterocycles. The predicted octanol–water partition coefficient (Wildman–Crippen LogP) is 3.19. The van der Waals surface area contributed by atoms with Gasteiger partial charge in [-0.3, -0.25) is 0 Å². The van der Waals surface area contributed by atoms with Gasteiger partial charge in [0.2, 0.25) is 0 Å². The van der Waals surface area contributed by atoms with Crippen LogP contribution in [0.4, 0.5) is 0 Å². The zero-order chi connectivity index (χ0) is 12.3. The summed E-state index contributed by atoms with van der Waals surface area (Å²) in [7, 11) is 0. The second-order valence-electron chi connectivity index (χ2n) is 5.15. The average Bonchev–Trinajstić information content (AvgIpc) is 2.69. The SMILES string of the molecule is CC(C)Cn1ccc2ccc(CCCN)cc21. The van der Waals surface area contributed by atoms with Crippen molar-refractivity contribution in [3.8, 4) is 0 Å². The summed E-state index contributed by atoms with van der Waals surface area (Å²) in [4.78, 5) is 0. The zero-order valence-electron chi connectivity index (χ0n) is 10.8. The minimum Gasteiger partial charge on any atom is -0.347 e. The summed E-state index contributed by atoms with van der Waals surface area (Å²) in [5.41, 5.74) is 8.31. The molecule has 0 spiro atoms.